The van der Waals surface area contributed by atoms with Gasteiger partial charge in [-0.15, -0.1) is 24.0 Å². The van der Waals surface area contributed by atoms with Crippen LogP contribution in [0.15, 0.2) is 29.3 Å². The van der Waals surface area contributed by atoms with Crippen LogP contribution in [-0.2, 0) is 9.84 Å². The Bertz CT molecular complexity index is 630. The largest absolute Gasteiger partial charge is 0.357 e. The lowest BCUT2D eigenvalue weighted by atomic mass is 10.0. The van der Waals surface area contributed by atoms with Gasteiger partial charge in [-0.2, -0.15) is 0 Å². The summed E-state index contributed by atoms with van der Waals surface area (Å²) >= 11 is 0. The van der Waals surface area contributed by atoms with Gasteiger partial charge in [0, 0.05) is 31.3 Å². The average molecular weight is 481 g/mol. The Morgan fingerprint density at radius 3 is 2.32 bits per heavy atom. The minimum Gasteiger partial charge on any atom is -0.357 e. The van der Waals surface area contributed by atoms with Crippen molar-refractivity contribution >= 4 is 39.8 Å². The lowest BCUT2D eigenvalue weighted by molar-refractivity contribution is 0.581. The van der Waals surface area contributed by atoms with Crippen molar-refractivity contribution < 1.29 is 8.42 Å². The third-order valence-electron chi connectivity index (χ3n) is 3.82. The highest BCUT2D eigenvalue weighted by Gasteiger charge is 2.10. The van der Waals surface area contributed by atoms with E-state index in [1.807, 2.05) is 13.8 Å². The highest BCUT2D eigenvalue weighted by Crippen LogP contribution is 2.15. The fraction of sp³-hybridized carbons (Fsp3) is 0.611. The zero-order chi connectivity index (χ0) is 18.2. The molecule has 1 rings (SSSR count). The summed E-state index contributed by atoms with van der Waals surface area (Å²) in [7, 11) is -2.93. The van der Waals surface area contributed by atoms with Gasteiger partial charge in [-0.05, 0) is 32.8 Å². The van der Waals surface area contributed by atoms with E-state index in [4.69, 9.17) is 0 Å². The van der Waals surface area contributed by atoms with Crippen molar-refractivity contribution in [3.05, 3.63) is 35.4 Å². The van der Waals surface area contributed by atoms with E-state index in [0.717, 1.165) is 12.5 Å². The van der Waals surface area contributed by atoms with Crippen molar-refractivity contribution in [1.82, 2.24) is 10.6 Å². The summed E-state index contributed by atoms with van der Waals surface area (Å²) in [6.45, 7) is 9.67. The SMILES string of the molecule is CCNC(=NCC(C)c1ccc(C)cc1)NC(C)CCS(C)(=O)=O.I. The molecule has 2 atom stereocenters. The second kappa shape index (κ2) is 11.7. The van der Waals surface area contributed by atoms with E-state index in [9.17, 15) is 8.42 Å². The Labute approximate surface area is 170 Å². The van der Waals surface area contributed by atoms with Crippen LogP contribution >= 0.6 is 24.0 Å². The second-order valence-corrected chi connectivity index (χ2v) is 8.76. The van der Waals surface area contributed by atoms with Gasteiger partial charge in [0.2, 0.25) is 0 Å². The van der Waals surface area contributed by atoms with Crippen LogP contribution in [0.1, 0.15) is 44.2 Å². The van der Waals surface area contributed by atoms with Crippen LogP contribution in [0.4, 0.5) is 0 Å². The number of sulfone groups is 1. The molecule has 0 spiro atoms. The molecule has 1 aromatic carbocycles. The smallest absolute Gasteiger partial charge is 0.191 e. The van der Waals surface area contributed by atoms with Crippen molar-refractivity contribution in [3.63, 3.8) is 0 Å². The first-order valence-corrected chi connectivity index (χ1v) is 10.6. The number of rotatable bonds is 8. The van der Waals surface area contributed by atoms with Crippen molar-refractivity contribution in [2.45, 2.75) is 46.1 Å². The quantitative estimate of drug-likeness (QED) is 0.340. The van der Waals surface area contributed by atoms with Gasteiger partial charge >= 0.3 is 0 Å². The maximum absolute atomic E-state index is 11.3. The van der Waals surface area contributed by atoms with E-state index in [0.29, 0.717) is 18.9 Å². The molecule has 0 saturated heterocycles. The molecule has 7 heteroatoms. The molecule has 5 nitrogen and oxygen atoms in total. The average Bonchev–Trinajstić information content (AvgIpc) is 2.50. The van der Waals surface area contributed by atoms with Crippen LogP contribution in [-0.4, -0.2) is 45.5 Å². The summed E-state index contributed by atoms with van der Waals surface area (Å²) in [6, 6.07) is 8.57. The van der Waals surface area contributed by atoms with Crippen molar-refractivity contribution in [2.75, 3.05) is 25.1 Å². The fourth-order valence-corrected chi connectivity index (χ4v) is 3.03. The molecule has 0 radical (unpaired) electrons. The number of hydrogen-bond donors (Lipinski definition) is 2. The standard InChI is InChI=1S/C18H31N3O2S.HI/c1-6-19-18(21-16(4)11-12-24(5,22)23)20-13-15(3)17-9-7-14(2)8-10-17;/h7-10,15-16H,6,11-13H2,1-5H3,(H2,19,20,21);1H. The van der Waals surface area contributed by atoms with Gasteiger partial charge < -0.3 is 10.6 Å². The normalized spacial score (nSPS) is 14.4. The third-order valence-corrected chi connectivity index (χ3v) is 4.80. The molecule has 2 N–H and O–H groups in total. The topological polar surface area (TPSA) is 70.6 Å². The van der Waals surface area contributed by atoms with E-state index in [2.05, 4.69) is 53.7 Å². The third kappa shape index (κ3) is 10.7. The molecule has 0 heterocycles. The van der Waals surface area contributed by atoms with Crippen LogP contribution in [0, 0.1) is 6.92 Å². The molecule has 25 heavy (non-hydrogen) atoms. The van der Waals surface area contributed by atoms with Gasteiger partial charge in [0.1, 0.15) is 9.84 Å². The number of halogens is 1. The van der Waals surface area contributed by atoms with Gasteiger partial charge in [0.15, 0.2) is 5.96 Å². The Morgan fingerprint density at radius 2 is 1.80 bits per heavy atom. The summed E-state index contributed by atoms with van der Waals surface area (Å²) < 4.78 is 22.5. The maximum Gasteiger partial charge on any atom is 0.191 e. The number of guanidine groups is 1. The van der Waals surface area contributed by atoms with Gasteiger partial charge in [0.05, 0.1) is 5.75 Å². The molecular formula is C18H32IN3O2S. The Hall–Kier alpha value is -0.830. The van der Waals surface area contributed by atoms with Gasteiger partial charge in [0.25, 0.3) is 0 Å². The fourth-order valence-electron chi connectivity index (χ4n) is 2.25. The predicted molar refractivity (Wildman–Crippen MR) is 118 cm³/mol. The van der Waals surface area contributed by atoms with Gasteiger partial charge in [-0.1, -0.05) is 36.8 Å². The summed E-state index contributed by atoms with van der Waals surface area (Å²) in [4.78, 5) is 4.64. The number of nitrogens with one attached hydrogen (secondary N) is 2. The Kier molecular flexibility index (Phi) is 11.3. The molecule has 0 fully saturated rings. The molecule has 0 amide bonds. The Morgan fingerprint density at radius 1 is 1.20 bits per heavy atom. The predicted octanol–water partition coefficient (Wildman–Crippen LogP) is 3.09. The number of benzene rings is 1. The highest BCUT2D eigenvalue weighted by atomic mass is 127. The summed E-state index contributed by atoms with van der Waals surface area (Å²) in [6.07, 6.45) is 1.83. The first kappa shape index (κ1) is 24.2. The number of aliphatic imine (C=N–C) groups is 1. The first-order valence-electron chi connectivity index (χ1n) is 8.50. The molecule has 2 unspecified atom stereocenters. The van der Waals surface area contributed by atoms with E-state index in [1.54, 1.807) is 0 Å². The lowest BCUT2D eigenvalue weighted by Gasteiger charge is -2.18. The van der Waals surface area contributed by atoms with Crippen molar-refractivity contribution in [1.29, 1.82) is 0 Å². The number of aryl methyl sites for hydroxylation is 1. The lowest BCUT2D eigenvalue weighted by Crippen LogP contribution is -2.43. The van der Waals surface area contributed by atoms with Gasteiger partial charge in [-0.3, -0.25) is 4.99 Å². The van der Waals surface area contributed by atoms with E-state index >= 15 is 0 Å². The number of hydrogen-bond acceptors (Lipinski definition) is 3. The maximum atomic E-state index is 11.3. The number of nitrogens with zero attached hydrogens (tertiary/aromatic N) is 1. The minimum atomic E-state index is -2.93. The first-order chi connectivity index (χ1) is 11.2. The van der Waals surface area contributed by atoms with Crippen LogP contribution in [0.2, 0.25) is 0 Å². The molecular weight excluding hydrogens is 449 g/mol. The molecule has 0 aliphatic rings. The molecule has 144 valence electrons. The van der Waals surface area contributed by atoms with Crippen LogP contribution in [0.5, 0.6) is 0 Å². The molecule has 0 aromatic heterocycles. The molecule has 1 aromatic rings. The minimum absolute atomic E-state index is 0. The van der Waals surface area contributed by atoms with E-state index < -0.39 is 9.84 Å². The van der Waals surface area contributed by atoms with Crippen molar-refractivity contribution in [2.24, 2.45) is 4.99 Å². The molecule has 0 bridgehead atoms. The van der Waals surface area contributed by atoms with E-state index in [-0.39, 0.29) is 35.8 Å². The molecule has 0 aliphatic carbocycles. The van der Waals surface area contributed by atoms with Crippen LogP contribution in [0.3, 0.4) is 0 Å². The van der Waals surface area contributed by atoms with Crippen LogP contribution < -0.4 is 10.6 Å². The summed E-state index contributed by atoms with van der Waals surface area (Å²) in [5.74, 6) is 1.24. The summed E-state index contributed by atoms with van der Waals surface area (Å²) in [5, 5.41) is 6.50. The van der Waals surface area contributed by atoms with Crippen LogP contribution in [0.25, 0.3) is 0 Å². The highest BCUT2D eigenvalue weighted by molar-refractivity contribution is 14.0. The zero-order valence-electron chi connectivity index (χ0n) is 15.9. The monoisotopic (exact) mass is 481 g/mol. The second-order valence-electron chi connectivity index (χ2n) is 6.50. The summed E-state index contributed by atoms with van der Waals surface area (Å²) in [5.41, 5.74) is 2.52. The molecule has 0 saturated carbocycles. The van der Waals surface area contributed by atoms with Gasteiger partial charge in [-0.25, -0.2) is 8.42 Å². The Balaban J connectivity index is 0.00000576. The van der Waals surface area contributed by atoms with E-state index in [1.165, 1.54) is 17.4 Å². The van der Waals surface area contributed by atoms with Crippen molar-refractivity contribution in [3.8, 4) is 0 Å². The zero-order valence-corrected chi connectivity index (χ0v) is 19.0. The molecule has 0 aliphatic heterocycles.